The third kappa shape index (κ3) is 2.37. The molecule has 0 saturated heterocycles. The van der Waals surface area contributed by atoms with Crippen molar-refractivity contribution in [3.8, 4) is 0 Å². The Morgan fingerprint density at radius 2 is 2.20 bits per heavy atom. The number of rotatable bonds is 4. The lowest BCUT2D eigenvalue weighted by Crippen LogP contribution is -2.28. The fourth-order valence-electron chi connectivity index (χ4n) is 1.58. The molecule has 1 aromatic carbocycles. The molecule has 1 unspecified atom stereocenters. The van der Waals surface area contributed by atoms with Crippen LogP contribution < -0.4 is 5.32 Å². The average Bonchev–Trinajstić information content (AvgIpc) is 2.68. The molecule has 0 fully saturated rings. The fraction of sp³-hybridized carbons (Fsp3) is 0.333. The van der Waals surface area contributed by atoms with Crippen LogP contribution in [0.3, 0.4) is 0 Å². The first-order chi connectivity index (χ1) is 7.29. The van der Waals surface area contributed by atoms with Crippen LogP contribution >= 0.6 is 0 Å². The first-order valence-corrected chi connectivity index (χ1v) is 5.20. The lowest BCUT2D eigenvalue weighted by Gasteiger charge is -2.08. The van der Waals surface area contributed by atoms with Crippen LogP contribution in [0.5, 0.6) is 0 Å². The largest absolute Gasteiger partial charge is 0.395 e. The van der Waals surface area contributed by atoms with Gasteiger partial charge in [0, 0.05) is 23.8 Å². The second-order valence-corrected chi connectivity index (χ2v) is 3.85. The van der Waals surface area contributed by atoms with E-state index in [4.69, 9.17) is 5.11 Å². The first kappa shape index (κ1) is 10.2. The normalized spacial score (nSPS) is 13.2. The van der Waals surface area contributed by atoms with E-state index in [1.165, 1.54) is 5.39 Å². The summed E-state index contributed by atoms with van der Waals surface area (Å²) in [4.78, 5) is 3.33. The molecule has 0 aliphatic rings. The zero-order chi connectivity index (χ0) is 10.7. The van der Waals surface area contributed by atoms with Gasteiger partial charge in [0.1, 0.15) is 0 Å². The monoisotopic (exact) mass is 204 g/mol. The van der Waals surface area contributed by atoms with Crippen molar-refractivity contribution >= 4 is 10.9 Å². The van der Waals surface area contributed by atoms with Crippen molar-refractivity contribution in [3.63, 3.8) is 0 Å². The molecule has 0 spiro atoms. The highest BCUT2D eigenvalue weighted by atomic mass is 16.3. The molecule has 0 aliphatic heterocycles. The second kappa shape index (κ2) is 4.47. The van der Waals surface area contributed by atoms with Gasteiger partial charge in [-0.3, -0.25) is 0 Å². The molecule has 0 saturated carbocycles. The molecule has 1 atom stereocenters. The Kier molecular flexibility index (Phi) is 3.04. The van der Waals surface area contributed by atoms with Crippen LogP contribution in [0.25, 0.3) is 10.9 Å². The van der Waals surface area contributed by atoms with Crippen LogP contribution in [0.2, 0.25) is 0 Å². The Morgan fingerprint density at radius 1 is 1.40 bits per heavy atom. The summed E-state index contributed by atoms with van der Waals surface area (Å²) in [6.45, 7) is 2.89. The van der Waals surface area contributed by atoms with E-state index in [9.17, 15) is 0 Å². The molecule has 3 heteroatoms. The number of hydrogen-bond acceptors (Lipinski definition) is 2. The fourth-order valence-corrected chi connectivity index (χ4v) is 1.58. The Balaban J connectivity index is 2.09. The van der Waals surface area contributed by atoms with Gasteiger partial charge in [0.2, 0.25) is 0 Å². The van der Waals surface area contributed by atoms with Crippen molar-refractivity contribution in [1.82, 2.24) is 10.3 Å². The Morgan fingerprint density at radius 3 is 2.93 bits per heavy atom. The van der Waals surface area contributed by atoms with Crippen molar-refractivity contribution in [2.75, 3.05) is 6.61 Å². The number of aromatic amines is 1. The topological polar surface area (TPSA) is 48.0 Å². The molecule has 3 nitrogen and oxygen atoms in total. The number of hydrogen-bond donors (Lipinski definition) is 3. The van der Waals surface area contributed by atoms with Crippen molar-refractivity contribution in [2.45, 2.75) is 19.5 Å². The van der Waals surface area contributed by atoms with E-state index in [0.29, 0.717) is 0 Å². The van der Waals surface area contributed by atoms with Crippen molar-refractivity contribution < 1.29 is 5.11 Å². The quantitative estimate of drug-likeness (QED) is 0.709. The predicted octanol–water partition coefficient (Wildman–Crippen LogP) is 1.64. The summed E-state index contributed by atoms with van der Waals surface area (Å²) in [6.07, 6.45) is 0. The van der Waals surface area contributed by atoms with Crippen LogP contribution in [0.15, 0.2) is 30.3 Å². The van der Waals surface area contributed by atoms with Gasteiger partial charge in [0.15, 0.2) is 0 Å². The SMILES string of the molecule is CC(CO)NCc1cc2ccccc2[nH]1. The highest BCUT2D eigenvalue weighted by molar-refractivity contribution is 5.80. The maximum atomic E-state index is 8.88. The van der Waals surface area contributed by atoms with Gasteiger partial charge < -0.3 is 15.4 Å². The molecule has 3 N–H and O–H groups in total. The van der Waals surface area contributed by atoms with Gasteiger partial charge in [-0.15, -0.1) is 0 Å². The summed E-state index contributed by atoms with van der Waals surface area (Å²) >= 11 is 0. The van der Waals surface area contributed by atoms with Crippen LogP contribution in [0.1, 0.15) is 12.6 Å². The zero-order valence-electron chi connectivity index (χ0n) is 8.83. The molecule has 0 amide bonds. The number of benzene rings is 1. The van der Waals surface area contributed by atoms with Gasteiger partial charge in [-0.2, -0.15) is 0 Å². The van der Waals surface area contributed by atoms with Crippen LogP contribution in [0, 0.1) is 0 Å². The Hall–Kier alpha value is -1.32. The van der Waals surface area contributed by atoms with E-state index in [1.807, 2.05) is 19.1 Å². The van der Waals surface area contributed by atoms with Gasteiger partial charge in [0.25, 0.3) is 0 Å². The van der Waals surface area contributed by atoms with Crippen LogP contribution in [-0.2, 0) is 6.54 Å². The van der Waals surface area contributed by atoms with E-state index in [2.05, 4.69) is 28.5 Å². The smallest absolute Gasteiger partial charge is 0.0582 e. The van der Waals surface area contributed by atoms with Gasteiger partial charge in [-0.1, -0.05) is 18.2 Å². The Bertz CT molecular complexity index is 403. The third-order valence-electron chi connectivity index (χ3n) is 2.50. The van der Waals surface area contributed by atoms with Gasteiger partial charge in [-0.05, 0) is 24.4 Å². The van der Waals surface area contributed by atoms with E-state index >= 15 is 0 Å². The zero-order valence-corrected chi connectivity index (χ0v) is 8.83. The molecular formula is C12H16N2O. The highest BCUT2D eigenvalue weighted by Crippen LogP contribution is 2.14. The molecule has 0 aliphatic carbocycles. The van der Waals surface area contributed by atoms with E-state index < -0.39 is 0 Å². The second-order valence-electron chi connectivity index (χ2n) is 3.85. The number of aromatic nitrogens is 1. The molecule has 15 heavy (non-hydrogen) atoms. The summed E-state index contributed by atoms with van der Waals surface area (Å²) in [6, 6.07) is 10.5. The molecule has 0 radical (unpaired) electrons. The van der Waals surface area contributed by atoms with Gasteiger partial charge in [-0.25, -0.2) is 0 Å². The maximum absolute atomic E-state index is 8.88. The molecule has 2 aromatic rings. The van der Waals surface area contributed by atoms with Crippen molar-refractivity contribution in [2.24, 2.45) is 0 Å². The minimum atomic E-state index is 0.136. The van der Waals surface area contributed by atoms with E-state index in [-0.39, 0.29) is 12.6 Å². The number of H-pyrrole nitrogens is 1. The summed E-state index contributed by atoms with van der Waals surface area (Å²) < 4.78 is 0. The molecule has 1 aromatic heterocycles. The summed E-state index contributed by atoms with van der Waals surface area (Å²) in [5.74, 6) is 0. The highest BCUT2D eigenvalue weighted by Gasteiger charge is 2.02. The molecular weight excluding hydrogens is 188 g/mol. The minimum Gasteiger partial charge on any atom is -0.395 e. The number of para-hydroxylation sites is 1. The van der Waals surface area contributed by atoms with Crippen molar-refractivity contribution in [1.29, 1.82) is 0 Å². The minimum absolute atomic E-state index is 0.136. The molecule has 0 bridgehead atoms. The molecule has 1 heterocycles. The summed E-state index contributed by atoms with van der Waals surface area (Å²) in [5, 5.41) is 13.3. The number of aliphatic hydroxyl groups excluding tert-OH is 1. The average molecular weight is 204 g/mol. The van der Waals surface area contributed by atoms with E-state index in [0.717, 1.165) is 17.8 Å². The molecule has 2 rings (SSSR count). The number of fused-ring (bicyclic) bond motifs is 1. The number of aliphatic hydroxyl groups is 1. The lowest BCUT2D eigenvalue weighted by molar-refractivity contribution is 0.251. The standard InChI is InChI=1S/C12H16N2O/c1-9(8-15)13-7-11-6-10-4-2-3-5-12(10)14-11/h2-6,9,13-15H,7-8H2,1H3. The van der Waals surface area contributed by atoms with Crippen LogP contribution in [0.4, 0.5) is 0 Å². The van der Waals surface area contributed by atoms with Crippen molar-refractivity contribution in [3.05, 3.63) is 36.0 Å². The summed E-state index contributed by atoms with van der Waals surface area (Å²) in [5.41, 5.74) is 2.31. The number of nitrogens with one attached hydrogen (secondary N) is 2. The van der Waals surface area contributed by atoms with E-state index in [1.54, 1.807) is 0 Å². The lowest BCUT2D eigenvalue weighted by atomic mass is 10.2. The predicted molar refractivity (Wildman–Crippen MR) is 61.7 cm³/mol. The molecule has 80 valence electrons. The Labute approximate surface area is 89.1 Å². The maximum Gasteiger partial charge on any atom is 0.0582 e. The third-order valence-corrected chi connectivity index (χ3v) is 2.50. The van der Waals surface area contributed by atoms with Gasteiger partial charge in [0.05, 0.1) is 6.61 Å². The van der Waals surface area contributed by atoms with Crippen LogP contribution in [-0.4, -0.2) is 22.7 Å². The summed E-state index contributed by atoms with van der Waals surface area (Å²) in [7, 11) is 0. The van der Waals surface area contributed by atoms with Gasteiger partial charge >= 0.3 is 0 Å². The first-order valence-electron chi connectivity index (χ1n) is 5.20.